The summed E-state index contributed by atoms with van der Waals surface area (Å²) in [6.07, 6.45) is 2.95. The fourth-order valence-corrected chi connectivity index (χ4v) is 2.03. The average Bonchev–Trinajstić information content (AvgIpc) is 2.79. The quantitative estimate of drug-likeness (QED) is 0.666. The smallest absolute Gasteiger partial charge is 0.345 e. The summed E-state index contributed by atoms with van der Waals surface area (Å²) in [5.41, 5.74) is 0.866. The lowest BCUT2D eigenvalue weighted by Crippen LogP contribution is -2.07. The first-order chi connectivity index (χ1) is 8.16. The fraction of sp³-hybridized carbons (Fsp3) is 0.200. The monoisotopic (exact) mass is 250 g/mol. The number of hydrogen-bond acceptors (Lipinski definition) is 6. The van der Waals surface area contributed by atoms with Gasteiger partial charge in [-0.05, 0) is 30.4 Å². The van der Waals surface area contributed by atoms with E-state index in [9.17, 15) is 10.1 Å². The summed E-state index contributed by atoms with van der Waals surface area (Å²) in [6.45, 7) is 1.93. The molecule has 0 aromatic carbocycles. The van der Waals surface area contributed by atoms with Gasteiger partial charge in [0, 0.05) is 6.20 Å². The normalized spacial score (nSPS) is 12.1. The van der Waals surface area contributed by atoms with Crippen LogP contribution in [-0.2, 0) is 0 Å². The molecule has 0 aliphatic heterocycles. The van der Waals surface area contributed by atoms with E-state index in [-0.39, 0.29) is 11.0 Å². The first-order valence-electron chi connectivity index (χ1n) is 4.94. The van der Waals surface area contributed by atoms with Gasteiger partial charge in [0.2, 0.25) is 0 Å². The molecular weight excluding hydrogens is 240 g/mol. The van der Waals surface area contributed by atoms with Crippen LogP contribution in [0.1, 0.15) is 18.7 Å². The first-order valence-corrected chi connectivity index (χ1v) is 5.76. The zero-order valence-corrected chi connectivity index (χ0v) is 9.85. The van der Waals surface area contributed by atoms with Crippen LogP contribution < -0.4 is 5.32 Å². The molecule has 1 unspecified atom stereocenters. The van der Waals surface area contributed by atoms with Gasteiger partial charge >= 0.3 is 5.00 Å². The Labute approximate surface area is 102 Å². The predicted octanol–water partition coefficient (Wildman–Crippen LogP) is 2.62. The number of nitrogens with one attached hydrogen (secondary N) is 1. The van der Waals surface area contributed by atoms with Gasteiger partial charge in [-0.2, -0.15) is 0 Å². The number of nitro groups is 1. The molecule has 0 aliphatic rings. The third-order valence-corrected chi connectivity index (χ3v) is 3.03. The van der Waals surface area contributed by atoms with Crippen LogP contribution >= 0.6 is 11.3 Å². The third kappa shape index (κ3) is 2.76. The van der Waals surface area contributed by atoms with Gasteiger partial charge in [-0.1, -0.05) is 6.07 Å². The van der Waals surface area contributed by atoms with Crippen molar-refractivity contribution in [3.63, 3.8) is 0 Å². The molecule has 88 valence electrons. The highest BCUT2D eigenvalue weighted by Crippen LogP contribution is 2.27. The Bertz CT molecular complexity index is 514. The summed E-state index contributed by atoms with van der Waals surface area (Å²) in [5.74, 6) is 0. The summed E-state index contributed by atoms with van der Waals surface area (Å²) < 4.78 is 0. The highest BCUT2D eigenvalue weighted by molar-refractivity contribution is 7.18. The van der Waals surface area contributed by atoms with Crippen molar-refractivity contribution < 1.29 is 4.92 Å². The molecule has 2 aromatic heterocycles. The van der Waals surface area contributed by atoms with E-state index in [1.807, 2.05) is 25.1 Å². The molecule has 2 heterocycles. The zero-order chi connectivity index (χ0) is 12.3. The zero-order valence-electron chi connectivity index (χ0n) is 9.03. The molecule has 6 nitrogen and oxygen atoms in total. The number of aromatic nitrogens is 2. The van der Waals surface area contributed by atoms with Crippen molar-refractivity contribution in [1.82, 2.24) is 9.97 Å². The van der Waals surface area contributed by atoms with Gasteiger partial charge in [-0.3, -0.25) is 15.1 Å². The van der Waals surface area contributed by atoms with Crippen molar-refractivity contribution in [2.24, 2.45) is 0 Å². The summed E-state index contributed by atoms with van der Waals surface area (Å²) in [7, 11) is 0. The van der Waals surface area contributed by atoms with Crippen molar-refractivity contribution in [2.75, 3.05) is 5.32 Å². The lowest BCUT2D eigenvalue weighted by molar-refractivity contribution is -0.380. The van der Waals surface area contributed by atoms with Crippen molar-refractivity contribution in [2.45, 2.75) is 13.0 Å². The Hall–Kier alpha value is -2.02. The predicted molar refractivity (Wildman–Crippen MR) is 65.0 cm³/mol. The van der Waals surface area contributed by atoms with E-state index in [1.165, 1.54) is 6.20 Å². The Balaban J connectivity index is 2.08. The average molecular weight is 250 g/mol. The Morgan fingerprint density at radius 3 is 2.88 bits per heavy atom. The maximum atomic E-state index is 10.5. The molecule has 1 N–H and O–H groups in total. The Kier molecular flexibility index (Phi) is 3.29. The Morgan fingerprint density at radius 1 is 1.47 bits per heavy atom. The van der Waals surface area contributed by atoms with Gasteiger partial charge in [0.15, 0.2) is 5.13 Å². The number of nitrogens with zero attached hydrogens (tertiary/aromatic N) is 3. The molecule has 17 heavy (non-hydrogen) atoms. The number of anilines is 1. The SMILES string of the molecule is CC(Nc1ncc([N+](=O)[O-])s1)c1ccccn1. The lowest BCUT2D eigenvalue weighted by Gasteiger charge is -2.11. The van der Waals surface area contributed by atoms with Gasteiger partial charge in [0.25, 0.3) is 0 Å². The second kappa shape index (κ2) is 4.88. The largest absolute Gasteiger partial charge is 0.353 e. The molecule has 0 radical (unpaired) electrons. The molecule has 0 bridgehead atoms. The minimum absolute atomic E-state index is 0.0284. The van der Waals surface area contributed by atoms with Crippen molar-refractivity contribution >= 4 is 21.5 Å². The van der Waals surface area contributed by atoms with Gasteiger partial charge < -0.3 is 5.32 Å². The molecule has 0 saturated heterocycles. The highest BCUT2D eigenvalue weighted by atomic mass is 32.1. The topological polar surface area (TPSA) is 81.0 Å². The standard InChI is InChI=1S/C10H10N4O2S/c1-7(8-4-2-3-5-11-8)13-10-12-6-9(17-10)14(15)16/h2-7H,1H3,(H,12,13). The Morgan fingerprint density at radius 2 is 2.29 bits per heavy atom. The van der Waals surface area contributed by atoms with E-state index in [4.69, 9.17) is 0 Å². The molecule has 0 amide bonds. The number of pyridine rings is 1. The highest BCUT2D eigenvalue weighted by Gasteiger charge is 2.13. The molecule has 0 saturated carbocycles. The second-order valence-corrected chi connectivity index (χ2v) is 4.39. The molecule has 0 fully saturated rings. The molecule has 2 rings (SSSR count). The molecule has 7 heteroatoms. The van der Waals surface area contributed by atoms with E-state index in [0.29, 0.717) is 5.13 Å². The summed E-state index contributed by atoms with van der Waals surface area (Å²) in [4.78, 5) is 18.2. The number of hydrogen-bond donors (Lipinski definition) is 1. The van der Waals surface area contributed by atoms with Crippen molar-refractivity contribution in [3.8, 4) is 0 Å². The van der Waals surface area contributed by atoms with E-state index in [2.05, 4.69) is 15.3 Å². The summed E-state index contributed by atoms with van der Waals surface area (Å²) in [5, 5.41) is 14.1. The van der Waals surface area contributed by atoms with Gasteiger partial charge in [-0.15, -0.1) is 0 Å². The molecule has 2 aromatic rings. The molecule has 0 spiro atoms. The molecular formula is C10H10N4O2S. The van der Waals surface area contributed by atoms with Crippen LogP contribution in [0.4, 0.5) is 10.1 Å². The van der Waals surface area contributed by atoms with Crippen molar-refractivity contribution in [1.29, 1.82) is 0 Å². The van der Waals surface area contributed by atoms with Gasteiger partial charge in [0.05, 0.1) is 16.7 Å². The van der Waals surface area contributed by atoms with Crippen LogP contribution in [0.5, 0.6) is 0 Å². The van der Waals surface area contributed by atoms with Crippen molar-refractivity contribution in [3.05, 3.63) is 46.4 Å². The molecule has 0 aliphatic carbocycles. The van der Waals surface area contributed by atoms with Crippen LogP contribution in [0.25, 0.3) is 0 Å². The summed E-state index contributed by atoms with van der Waals surface area (Å²) >= 11 is 1.01. The summed E-state index contributed by atoms with van der Waals surface area (Å²) in [6, 6.07) is 5.58. The van der Waals surface area contributed by atoms with Gasteiger partial charge in [0.1, 0.15) is 6.20 Å². The first kappa shape index (κ1) is 11.5. The van der Waals surface area contributed by atoms with Gasteiger partial charge in [-0.25, -0.2) is 4.98 Å². The third-order valence-electron chi connectivity index (χ3n) is 2.14. The van der Waals surface area contributed by atoms with Crippen LogP contribution in [0.15, 0.2) is 30.6 Å². The van der Waals surface area contributed by atoms with Crippen LogP contribution in [0, 0.1) is 10.1 Å². The molecule has 1 atom stereocenters. The minimum Gasteiger partial charge on any atom is -0.353 e. The van der Waals surface area contributed by atoms with E-state index in [0.717, 1.165) is 17.0 Å². The second-order valence-electron chi connectivity index (χ2n) is 3.38. The van der Waals surface area contributed by atoms with Crippen LogP contribution in [0.3, 0.4) is 0 Å². The number of thiazole rings is 1. The minimum atomic E-state index is -0.450. The van der Waals surface area contributed by atoms with E-state index < -0.39 is 4.92 Å². The van der Waals surface area contributed by atoms with E-state index in [1.54, 1.807) is 6.20 Å². The lowest BCUT2D eigenvalue weighted by atomic mass is 10.2. The van der Waals surface area contributed by atoms with E-state index >= 15 is 0 Å². The maximum Gasteiger partial charge on any atom is 0.345 e. The maximum absolute atomic E-state index is 10.5. The number of rotatable bonds is 4. The van der Waals surface area contributed by atoms with Crippen LogP contribution in [0.2, 0.25) is 0 Å². The fourth-order valence-electron chi connectivity index (χ4n) is 1.31. The van der Waals surface area contributed by atoms with Crippen LogP contribution in [-0.4, -0.2) is 14.9 Å².